The maximum Gasteiger partial charge on any atom is 0.278 e. The molecule has 1 amide bonds. The third-order valence-corrected chi connectivity index (χ3v) is 6.49. The van der Waals surface area contributed by atoms with E-state index in [-0.39, 0.29) is 17.5 Å². The van der Waals surface area contributed by atoms with Gasteiger partial charge in [-0.05, 0) is 44.0 Å². The highest BCUT2D eigenvalue weighted by Crippen LogP contribution is 2.25. The predicted molar refractivity (Wildman–Crippen MR) is 134 cm³/mol. The van der Waals surface area contributed by atoms with Crippen LogP contribution in [0.2, 0.25) is 0 Å². The molecule has 1 fully saturated rings. The van der Waals surface area contributed by atoms with Gasteiger partial charge >= 0.3 is 0 Å². The van der Waals surface area contributed by atoms with Crippen molar-refractivity contribution < 1.29 is 4.79 Å². The molecule has 5 rings (SSSR count). The molecule has 6 heteroatoms. The number of pyridine rings is 1. The SMILES string of the molecule is Cc1cccc(C(C(=O)NC2CCCCC2)n2c(=O)c(-c3ccccc3)nc3ccccc32)n1. The summed E-state index contributed by atoms with van der Waals surface area (Å²) in [6.45, 7) is 1.89. The summed E-state index contributed by atoms with van der Waals surface area (Å²) in [5, 5.41) is 3.23. The zero-order valence-corrected chi connectivity index (χ0v) is 19.3. The average Bonchev–Trinajstić information content (AvgIpc) is 2.86. The van der Waals surface area contributed by atoms with Crippen molar-refractivity contribution in [1.29, 1.82) is 0 Å². The van der Waals surface area contributed by atoms with Crippen molar-refractivity contribution >= 4 is 16.9 Å². The molecular formula is C28H28N4O2. The highest BCUT2D eigenvalue weighted by atomic mass is 16.2. The summed E-state index contributed by atoms with van der Waals surface area (Å²) < 4.78 is 1.57. The zero-order valence-electron chi connectivity index (χ0n) is 19.3. The lowest BCUT2D eigenvalue weighted by molar-refractivity contribution is -0.124. The number of hydrogen-bond acceptors (Lipinski definition) is 4. The van der Waals surface area contributed by atoms with Crippen LogP contribution >= 0.6 is 0 Å². The molecule has 1 atom stereocenters. The quantitative estimate of drug-likeness (QED) is 0.472. The number of benzene rings is 2. The predicted octanol–water partition coefficient (Wildman–Crippen LogP) is 4.81. The molecule has 172 valence electrons. The highest BCUT2D eigenvalue weighted by molar-refractivity contribution is 5.87. The lowest BCUT2D eigenvalue weighted by atomic mass is 9.95. The number of fused-ring (bicyclic) bond motifs is 1. The smallest absolute Gasteiger partial charge is 0.278 e. The largest absolute Gasteiger partial charge is 0.351 e. The molecule has 6 nitrogen and oxygen atoms in total. The summed E-state index contributed by atoms with van der Waals surface area (Å²) in [7, 11) is 0. The summed E-state index contributed by atoms with van der Waals surface area (Å²) in [4.78, 5) is 37.2. The van der Waals surface area contributed by atoms with E-state index in [4.69, 9.17) is 0 Å². The fraction of sp³-hybridized carbons (Fsp3) is 0.286. The molecule has 2 aromatic carbocycles. The molecule has 34 heavy (non-hydrogen) atoms. The van der Waals surface area contributed by atoms with Gasteiger partial charge in [-0.1, -0.05) is 67.8 Å². The summed E-state index contributed by atoms with van der Waals surface area (Å²) in [5.74, 6) is -0.206. The van der Waals surface area contributed by atoms with Gasteiger partial charge < -0.3 is 5.32 Å². The van der Waals surface area contributed by atoms with Gasteiger partial charge in [-0.25, -0.2) is 4.98 Å². The fourth-order valence-corrected chi connectivity index (χ4v) is 4.82. The van der Waals surface area contributed by atoms with Crippen LogP contribution in [0.5, 0.6) is 0 Å². The topological polar surface area (TPSA) is 76.9 Å². The second-order valence-corrected chi connectivity index (χ2v) is 8.94. The number of hydrogen-bond donors (Lipinski definition) is 1. The van der Waals surface area contributed by atoms with E-state index in [1.807, 2.05) is 79.7 Å². The number of nitrogens with zero attached hydrogens (tertiary/aromatic N) is 3. The van der Waals surface area contributed by atoms with Crippen LogP contribution in [0.3, 0.4) is 0 Å². The lowest BCUT2D eigenvalue weighted by Crippen LogP contribution is -2.44. The van der Waals surface area contributed by atoms with E-state index < -0.39 is 6.04 Å². The van der Waals surface area contributed by atoms with Gasteiger partial charge in [0, 0.05) is 17.3 Å². The third kappa shape index (κ3) is 4.36. The first-order chi connectivity index (χ1) is 16.6. The normalized spacial score (nSPS) is 15.2. The Labute approximate surface area is 198 Å². The van der Waals surface area contributed by atoms with Crippen molar-refractivity contribution in [3.8, 4) is 11.3 Å². The number of amides is 1. The molecule has 0 bridgehead atoms. The second kappa shape index (κ2) is 9.59. The molecule has 1 aliphatic rings. The molecule has 1 aliphatic carbocycles. The molecule has 1 saturated carbocycles. The molecule has 4 aromatic rings. The van der Waals surface area contributed by atoms with E-state index in [0.717, 1.165) is 36.9 Å². The Hall–Kier alpha value is -3.80. The number of carbonyl (C=O) groups is 1. The van der Waals surface area contributed by atoms with Crippen LogP contribution < -0.4 is 10.9 Å². The summed E-state index contributed by atoms with van der Waals surface area (Å²) >= 11 is 0. The lowest BCUT2D eigenvalue weighted by Gasteiger charge is -2.27. The molecule has 2 aromatic heterocycles. The molecule has 2 heterocycles. The summed E-state index contributed by atoms with van der Waals surface area (Å²) in [5.41, 5.74) is 3.34. The number of nitrogens with one attached hydrogen (secondary N) is 1. The van der Waals surface area contributed by atoms with Gasteiger partial charge in [-0.3, -0.25) is 19.1 Å². The molecule has 0 radical (unpaired) electrons. The maximum absolute atomic E-state index is 14.0. The van der Waals surface area contributed by atoms with Crippen LogP contribution in [0.4, 0.5) is 0 Å². The fourth-order valence-electron chi connectivity index (χ4n) is 4.82. The van der Waals surface area contributed by atoms with Gasteiger partial charge in [0.2, 0.25) is 5.91 Å². The molecule has 0 saturated heterocycles. The summed E-state index contributed by atoms with van der Waals surface area (Å²) in [6, 6.07) is 21.7. The number of para-hydroxylation sites is 2. The Morgan fingerprint density at radius 3 is 2.41 bits per heavy atom. The van der Waals surface area contributed by atoms with E-state index in [0.29, 0.717) is 22.4 Å². The van der Waals surface area contributed by atoms with Gasteiger partial charge in [0.25, 0.3) is 5.56 Å². The highest BCUT2D eigenvalue weighted by Gasteiger charge is 2.30. The van der Waals surface area contributed by atoms with Crippen LogP contribution in [-0.2, 0) is 4.79 Å². The number of rotatable bonds is 5. The maximum atomic E-state index is 14.0. The molecule has 0 spiro atoms. The first-order valence-electron chi connectivity index (χ1n) is 11.9. The second-order valence-electron chi connectivity index (χ2n) is 8.94. The van der Waals surface area contributed by atoms with Gasteiger partial charge in [-0.15, -0.1) is 0 Å². The van der Waals surface area contributed by atoms with Crippen LogP contribution in [0.1, 0.15) is 49.5 Å². The van der Waals surface area contributed by atoms with Gasteiger partial charge in [-0.2, -0.15) is 0 Å². The Kier molecular flexibility index (Phi) is 6.21. The van der Waals surface area contributed by atoms with Crippen molar-refractivity contribution in [1.82, 2.24) is 19.9 Å². The standard InChI is InChI=1S/C28H28N4O2/c1-19-11-10-17-23(29-19)26(27(33)30-21-14-6-3-7-15-21)32-24-18-9-8-16-22(24)31-25(28(32)34)20-12-4-2-5-13-20/h2,4-5,8-13,16-18,21,26H,3,6-7,14-15H2,1H3,(H,30,33). The van der Waals surface area contributed by atoms with E-state index in [1.54, 1.807) is 4.57 Å². The Morgan fingerprint density at radius 1 is 0.912 bits per heavy atom. The molecular weight excluding hydrogens is 424 g/mol. The van der Waals surface area contributed by atoms with Crippen LogP contribution in [0.15, 0.2) is 77.6 Å². The van der Waals surface area contributed by atoms with E-state index in [1.165, 1.54) is 6.42 Å². The summed E-state index contributed by atoms with van der Waals surface area (Å²) in [6.07, 6.45) is 5.33. The Morgan fingerprint density at radius 2 is 1.65 bits per heavy atom. The third-order valence-electron chi connectivity index (χ3n) is 6.49. The minimum Gasteiger partial charge on any atom is -0.351 e. The van der Waals surface area contributed by atoms with E-state index in [9.17, 15) is 9.59 Å². The Bertz CT molecular complexity index is 1370. The molecule has 1 N–H and O–H groups in total. The minimum atomic E-state index is -0.898. The molecule has 1 unspecified atom stereocenters. The first-order valence-corrected chi connectivity index (χ1v) is 11.9. The van der Waals surface area contributed by atoms with Crippen molar-refractivity contribution in [3.05, 3.63) is 94.5 Å². The zero-order chi connectivity index (χ0) is 23.5. The van der Waals surface area contributed by atoms with Crippen LogP contribution in [0.25, 0.3) is 22.3 Å². The number of carbonyl (C=O) groups excluding carboxylic acids is 1. The number of aromatic nitrogens is 3. The van der Waals surface area contributed by atoms with Gasteiger partial charge in [0.15, 0.2) is 6.04 Å². The van der Waals surface area contributed by atoms with Crippen molar-refractivity contribution in [2.75, 3.05) is 0 Å². The first kappa shape index (κ1) is 22.0. The van der Waals surface area contributed by atoms with Gasteiger partial charge in [0.1, 0.15) is 5.69 Å². The molecule has 0 aliphatic heterocycles. The Balaban J connectivity index is 1.72. The average molecular weight is 453 g/mol. The van der Waals surface area contributed by atoms with E-state index >= 15 is 0 Å². The van der Waals surface area contributed by atoms with Crippen LogP contribution in [0, 0.1) is 6.92 Å². The van der Waals surface area contributed by atoms with Crippen molar-refractivity contribution in [2.24, 2.45) is 0 Å². The minimum absolute atomic E-state index is 0.117. The monoisotopic (exact) mass is 452 g/mol. The van der Waals surface area contributed by atoms with Gasteiger partial charge in [0.05, 0.1) is 16.7 Å². The number of aryl methyl sites for hydroxylation is 1. The van der Waals surface area contributed by atoms with Crippen LogP contribution in [-0.4, -0.2) is 26.5 Å². The van der Waals surface area contributed by atoms with Crippen molar-refractivity contribution in [3.63, 3.8) is 0 Å². The van der Waals surface area contributed by atoms with Crippen molar-refractivity contribution in [2.45, 2.75) is 51.1 Å². The van der Waals surface area contributed by atoms with E-state index in [2.05, 4.69) is 15.3 Å².